The van der Waals surface area contributed by atoms with E-state index in [1.807, 2.05) is 0 Å². The van der Waals surface area contributed by atoms with Gasteiger partial charge in [0.25, 0.3) is 11.8 Å². The molecule has 0 atom stereocenters. The number of nitrogens with zero attached hydrogens (tertiary/aromatic N) is 2. The van der Waals surface area contributed by atoms with Gasteiger partial charge in [0, 0.05) is 22.7 Å². The zero-order valence-corrected chi connectivity index (χ0v) is 18.0. The van der Waals surface area contributed by atoms with Crippen molar-refractivity contribution in [1.82, 2.24) is 15.3 Å². The van der Waals surface area contributed by atoms with Crippen LogP contribution >= 0.6 is 22.7 Å². The van der Waals surface area contributed by atoms with Gasteiger partial charge in [0.2, 0.25) is 5.91 Å². The molecule has 3 amide bonds. The predicted octanol–water partition coefficient (Wildman–Crippen LogP) is 1.22. The Kier molecular flexibility index (Phi) is 8.64. The van der Waals surface area contributed by atoms with Gasteiger partial charge >= 0.3 is 0 Å². The first-order chi connectivity index (χ1) is 13.8. The van der Waals surface area contributed by atoms with Crippen molar-refractivity contribution >= 4 is 50.7 Å². The van der Waals surface area contributed by atoms with Crippen LogP contribution < -0.4 is 27.4 Å². The Hall–Kier alpha value is -2.41. The summed E-state index contributed by atoms with van der Waals surface area (Å²) >= 11 is 2.42. The van der Waals surface area contributed by atoms with Gasteiger partial charge in [0.1, 0.15) is 11.4 Å². The summed E-state index contributed by atoms with van der Waals surface area (Å²) in [6.07, 6.45) is 1.55. The van der Waals surface area contributed by atoms with Crippen LogP contribution in [0.3, 0.4) is 0 Å². The molecule has 2 aromatic rings. The van der Waals surface area contributed by atoms with Crippen LogP contribution in [0.15, 0.2) is 0 Å². The van der Waals surface area contributed by atoms with Gasteiger partial charge in [-0.3, -0.25) is 19.7 Å². The Balaban J connectivity index is 2.02. The topological polar surface area (TPSA) is 165 Å². The molecule has 0 saturated carbocycles. The van der Waals surface area contributed by atoms with Crippen LogP contribution in [0.1, 0.15) is 50.0 Å². The molecule has 0 spiro atoms. The third kappa shape index (κ3) is 6.56. The molecule has 0 bridgehead atoms. The van der Waals surface area contributed by atoms with Gasteiger partial charge < -0.3 is 22.1 Å². The summed E-state index contributed by atoms with van der Waals surface area (Å²) in [5, 5.41) is 8.73. The van der Waals surface area contributed by atoms with Crippen molar-refractivity contribution in [1.29, 1.82) is 0 Å². The SMILES string of the molecule is Cc1sc(NC(=O)CCCN)nc1C(=O)Nc1nc(C(=O)NCCCN)c(C)s1. The van der Waals surface area contributed by atoms with Crippen molar-refractivity contribution in [3.8, 4) is 0 Å². The number of thiazole rings is 2. The summed E-state index contributed by atoms with van der Waals surface area (Å²) in [5.74, 6) is -0.956. The second kappa shape index (κ2) is 11.0. The first-order valence-electron chi connectivity index (χ1n) is 9.10. The quantitative estimate of drug-likeness (QED) is 0.347. The molecular weight excluding hydrogens is 414 g/mol. The van der Waals surface area contributed by atoms with E-state index in [-0.39, 0.29) is 23.2 Å². The molecule has 2 heterocycles. The number of nitrogens with one attached hydrogen (secondary N) is 3. The molecule has 0 fully saturated rings. The fourth-order valence-electron chi connectivity index (χ4n) is 2.31. The minimum absolute atomic E-state index is 0.197. The van der Waals surface area contributed by atoms with Gasteiger partial charge in [0.15, 0.2) is 10.3 Å². The second-order valence-corrected chi connectivity index (χ2v) is 8.55. The van der Waals surface area contributed by atoms with E-state index in [0.717, 1.165) is 0 Å². The van der Waals surface area contributed by atoms with Gasteiger partial charge in [0.05, 0.1) is 0 Å². The van der Waals surface area contributed by atoms with Gasteiger partial charge in [-0.1, -0.05) is 0 Å². The first-order valence-corrected chi connectivity index (χ1v) is 10.7. The molecule has 0 radical (unpaired) electrons. The van der Waals surface area contributed by atoms with Crippen LogP contribution in [0.5, 0.6) is 0 Å². The molecule has 158 valence electrons. The summed E-state index contributed by atoms with van der Waals surface area (Å²) in [7, 11) is 0. The van der Waals surface area contributed by atoms with Gasteiger partial charge in [-0.15, -0.1) is 22.7 Å². The lowest BCUT2D eigenvalue weighted by atomic mass is 10.3. The molecule has 2 rings (SSSR count). The lowest BCUT2D eigenvalue weighted by molar-refractivity contribution is -0.116. The molecule has 0 aliphatic rings. The number of rotatable bonds is 10. The molecule has 0 aliphatic heterocycles. The normalized spacial score (nSPS) is 10.6. The highest BCUT2D eigenvalue weighted by atomic mass is 32.1. The monoisotopic (exact) mass is 439 g/mol. The van der Waals surface area contributed by atoms with Crippen LogP contribution in [0.2, 0.25) is 0 Å². The van der Waals surface area contributed by atoms with Crippen molar-refractivity contribution in [2.75, 3.05) is 30.3 Å². The fourth-order valence-corrected chi connectivity index (χ4v) is 3.94. The standard InChI is InChI=1S/C17H25N7O3S2/c1-9-12(14(26)20-8-4-7-19)22-17(29-9)24-15(27)13-10(2)28-16(23-13)21-11(25)5-3-6-18/h3-8,18-19H2,1-2H3,(H,20,26)(H,21,23,25)(H,22,24,27). The number of hydrogen-bond donors (Lipinski definition) is 5. The van der Waals surface area contributed by atoms with E-state index in [0.29, 0.717) is 58.9 Å². The van der Waals surface area contributed by atoms with E-state index in [4.69, 9.17) is 11.5 Å². The Morgan fingerprint density at radius 1 is 0.862 bits per heavy atom. The smallest absolute Gasteiger partial charge is 0.277 e. The molecule has 0 saturated heterocycles. The maximum absolute atomic E-state index is 12.6. The average molecular weight is 440 g/mol. The Bertz CT molecular complexity index is 879. The van der Waals surface area contributed by atoms with Crippen molar-refractivity contribution in [3.05, 3.63) is 21.1 Å². The van der Waals surface area contributed by atoms with Crippen LogP contribution in [-0.2, 0) is 4.79 Å². The van der Waals surface area contributed by atoms with E-state index in [1.165, 1.54) is 22.7 Å². The maximum Gasteiger partial charge on any atom is 0.277 e. The molecule has 2 aromatic heterocycles. The molecule has 0 unspecified atom stereocenters. The van der Waals surface area contributed by atoms with E-state index in [1.54, 1.807) is 13.8 Å². The maximum atomic E-state index is 12.6. The predicted molar refractivity (Wildman–Crippen MR) is 115 cm³/mol. The number of anilines is 2. The highest BCUT2D eigenvalue weighted by Gasteiger charge is 2.20. The van der Waals surface area contributed by atoms with E-state index < -0.39 is 5.91 Å². The second-order valence-electron chi connectivity index (χ2n) is 6.14. The average Bonchev–Trinajstić information content (AvgIpc) is 3.22. The summed E-state index contributed by atoms with van der Waals surface area (Å²) in [6, 6.07) is 0. The Morgan fingerprint density at radius 2 is 1.41 bits per heavy atom. The molecule has 0 aromatic carbocycles. The summed E-state index contributed by atoms with van der Waals surface area (Å²) in [4.78, 5) is 46.3. The number of aryl methyl sites for hydroxylation is 2. The molecule has 29 heavy (non-hydrogen) atoms. The first kappa shape index (κ1) is 22.9. The zero-order valence-electron chi connectivity index (χ0n) is 16.3. The van der Waals surface area contributed by atoms with Crippen molar-refractivity contribution < 1.29 is 14.4 Å². The highest BCUT2D eigenvalue weighted by Crippen LogP contribution is 2.26. The highest BCUT2D eigenvalue weighted by molar-refractivity contribution is 7.16. The lowest BCUT2D eigenvalue weighted by Gasteiger charge is -2.02. The van der Waals surface area contributed by atoms with E-state index in [2.05, 4.69) is 25.9 Å². The molecule has 0 aliphatic carbocycles. The number of carbonyl (C=O) groups excluding carboxylic acids is 3. The molecule has 7 N–H and O–H groups in total. The Morgan fingerprint density at radius 3 is 2.00 bits per heavy atom. The number of amides is 3. The number of hydrogen-bond acceptors (Lipinski definition) is 9. The van der Waals surface area contributed by atoms with E-state index in [9.17, 15) is 14.4 Å². The van der Waals surface area contributed by atoms with Crippen LogP contribution in [0.25, 0.3) is 0 Å². The van der Waals surface area contributed by atoms with Gasteiger partial charge in [-0.25, -0.2) is 9.97 Å². The minimum Gasteiger partial charge on any atom is -0.351 e. The molecule has 10 nitrogen and oxygen atoms in total. The summed E-state index contributed by atoms with van der Waals surface area (Å²) in [5.41, 5.74) is 11.3. The van der Waals surface area contributed by atoms with Crippen LogP contribution in [-0.4, -0.2) is 47.3 Å². The van der Waals surface area contributed by atoms with Gasteiger partial charge in [-0.2, -0.15) is 0 Å². The molecular formula is C17H25N7O3S2. The Labute approximate surface area is 176 Å². The summed E-state index contributed by atoms with van der Waals surface area (Å²) in [6.45, 7) is 4.88. The third-order valence-corrected chi connectivity index (χ3v) is 5.54. The number of aromatic nitrogens is 2. The van der Waals surface area contributed by atoms with Crippen LogP contribution in [0, 0.1) is 13.8 Å². The minimum atomic E-state index is -0.454. The van der Waals surface area contributed by atoms with Crippen molar-refractivity contribution in [3.63, 3.8) is 0 Å². The number of nitrogens with two attached hydrogens (primary N) is 2. The van der Waals surface area contributed by atoms with E-state index >= 15 is 0 Å². The summed E-state index contributed by atoms with van der Waals surface area (Å²) < 4.78 is 0. The fraction of sp³-hybridized carbons (Fsp3) is 0.471. The molecule has 12 heteroatoms. The number of carbonyl (C=O) groups is 3. The van der Waals surface area contributed by atoms with Crippen LogP contribution in [0.4, 0.5) is 10.3 Å². The van der Waals surface area contributed by atoms with Crippen molar-refractivity contribution in [2.45, 2.75) is 33.1 Å². The largest absolute Gasteiger partial charge is 0.351 e. The zero-order chi connectivity index (χ0) is 21.4. The third-order valence-electron chi connectivity index (χ3n) is 3.76. The lowest BCUT2D eigenvalue weighted by Crippen LogP contribution is -2.26. The van der Waals surface area contributed by atoms with Crippen molar-refractivity contribution in [2.24, 2.45) is 11.5 Å². The van der Waals surface area contributed by atoms with Gasteiger partial charge in [-0.05, 0) is 39.8 Å².